The second-order valence-corrected chi connectivity index (χ2v) is 7.82. The van der Waals surface area contributed by atoms with Crippen LogP contribution in [0.25, 0.3) is 0 Å². The SMILES string of the molecule is Cc1ccc(C2(C)NNC(N3CCNC(C(N)=O)C3)=C2C2=CC=NCC2)cc1. The maximum absolute atomic E-state index is 11.7. The number of benzene rings is 1. The Hall–Kier alpha value is -2.64. The lowest BCUT2D eigenvalue weighted by Gasteiger charge is -2.35. The molecule has 7 nitrogen and oxygen atoms in total. The minimum absolute atomic E-state index is 0.317. The Morgan fingerprint density at radius 2 is 2.11 bits per heavy atom. The third-order valence-electron chi connectivity index (χ3n) is 5.84. The fraction of sp³-hybridized carbons (Fsp3) is 0.429. The molecule has 1 saturated heterocycles. The summed E-state index contributed by atoms with van der Waals surface area (Å²) in [6.45, 7) is 7.16. The molecule has 1 aromatic carbocycles. The fourth-order valence-corrected chi connectivity index (χ4v) is 4.20. The highest BCUT2D eigenvalue weighted by Gasteiger charge is 2.42. The predicted molar refractivity (Wildman–Crippen MR) is 110 cm³/mol. The minimum Gasteiger partial charge on any atom is -0.368 e. The summed E-state index contributed by atoms with van der Waals surface area (Å²) in [5, 5.41) is 3.20. The van der Waals surface area contributed by atoms with E-state index in [0.717, 1.165) is 25.3 Å². The van der Waals surface area contributed by atoms with Crippen LogP contribution in [0.1, 0.15) is 24.5 Å². The van der Waals surface area contributed by atoms with Crippen LogP contribution in [0.2, 0.25) is 0 Å². The number of aliphatic imine (C=N–C) groups is 1. The number of nitrogens with zero attached hydrogens (tertiary/aromatic N) is 2. The van der Waals surface area contributed by atoms with Gasteiger partial charge in [0.25, 0.3) is 0 Å². The molecule has 0 bridgehead atoms. The molecule has 0 spiro atoms. The normalized spacial score (nSPS) is 27.6. The number of aryl methyl sites for hydroxylation is 1. The van der Waals surface area contributed by atoms with Gasteiger partial charge in [0.1, 0.15) is 11.9 Å². The topological polar surface area (TPSA) is 94.8 Å². The highest BCUT2D eigenvalue weighted by molar-refractivity contribution is 5.80. The second kappa shape index (κ2) is 7.41. The van der Waals surface area contributed by atoms with Gasteiger partial charge >= 0.3 is 0 Å². The van der Waals surface area contributed by atoms with Crippen molar-refractivity contribution in [1.29, 1.82) is 0 Å². The van der Waals surface area contributed by atoms with E-state index in [1.54, 1.807) is 0 Å². The van der Waals surface area contributed by atoms with Crippen LogP contribution in [0.5, 0.6) is 0 Å². The summed E-state index contributed by atoms with van der Waals surface area (Å²) in [5.41, 5.74) is 17.0. The van der Waals surface area contributed by atoms with Crippen molar-refractivity contribution in [3.05, 3.63) is 58.4 Å². The number of amides is 1. The first-order chi connectivity index (χ1) is 13.5. The molecular weight excluding hydrogens is 352 g/mol. The number of nitrogens with two attached hydrogens (primary N) is 1. The van der Waals surface area contributed by atoms with Crippen molar-refractivity contribution >= 4 is 12.1 Å². The number of carbonyl (C=O) groups is 1. The molecule has 0 aliphatic carbocycles. The Morgan fingerprint density at radius 3 is 2.79 bits per heavy atom. The quantitative estimate of drug-likeness (QED) is 0.617. The molecule has 2 atom stereocenters. The minimum atomic E-state index is -0.382. The Balaban J connectivity index is 1.78. The van der Waals surface area contributed by atoms with Gasteiger partial charge < -0.3 is 21.4 Å². The summed E-state index contributed by atoms with van der Waals surface area (Å²) in [6.07, 6.45) is 4.89. The van der Waals surface area contributed by atoms with Gasteiger partial charge in [-0.25, -0.2) is 5.43 Å². The molecule has 5 N–H and O–H groups in total. The van der Waals surface area contributed by atoms with E-state index >= 15 is 0 Å². The van der Waals surface area contributed by atoms with Gasteiger partial charge in [0.15, 0.2) is 0 Å². The van der Waals surface area contributed by atoms with E-state index in [1.807, 2.05) is 6.21 Å². The molecule has 3 heterocycles. The standard InChI is InChI=1S/C21H28N6O/c1-14-3-5-16(6-4-14)21(2)18(15-7-9-23-10-8-15)20(25-26-21)27-12-11-24-17(13-27)19(22)28/h3-7,9,17,24-26H,8,10-13H2,1-2H3,(H2,22,28). The first-order valence-electron chi connectivity index (χ1n) is 9.81. The molecule has 0 aromatic heterocycles. The number of rotatable bonds is 4. The molecule has 1 fully saturated rings. The zero-order valence-corrected chi connectivity index (χ0v) is 16.5. The number of nitrogens with one attached hydrogen (secondary N) is 3. The zero-order chi connectivity index (χ0) is 19.7. The Bertz CT molecular complexity index is 856. The van der Waals surface area contributed by atoms with Crippen molar-refractivity contribution < 1.29 is 4.79 Å². The van der Waals surface area contributed by atoms with Crippen LogP contribution >= 0.6 is 0 Å². The molecular formula is C21H28N6O. The highest BCUT2D eigenvalue weighted by atomic mass is 16.1. The summed E-state index contributed by atoms with van der Waals surface area (Å²) >= 11 is 0. The average molecular weight is 380 g/mol. The average Bonchev–Trinajstić information content (AvgIpc) is 3.07. The van der Waals surface area contributed by atoms with Gasteiger partial charge in [0.05, 0.1) is 5.54 Å². The van der Waals surface area contributed by atoms with Crippen LogP contribution in [-0.4, -0.2) is 49.2 Å². The third kappa shape index (κ3) is 3.31. The number of hydrogen-bond acceptors (Lipinski definition) is 6. The Kier molecular flexibility index (Phi) is 4.95. The number of hydrogen-bond donors (Lipinski definition) is 4. The molecule has 1 amide bonds. The monoisotopic (exact) mass is 380 g/mol. The first kappa shape index (κ1) is 18.7. The van der Waals surface area contributed by atoms with Gasteiger partial charge in [-0.2, -0.15) is 0 Å². The van der Waals surface area contributed by atoms with Crippen LogP contribution in [0.3, 0.4) is 0 Å². The van der Waals surface area contributed by atoms with Gasteiger partial charge in [-0.3, -0.25) is 9.79 Å². The molecule has 3 aliphatic rings. The Labute approximate surface area is 165 Å². The Morgan fingerprint density at radius 1 is 1.32 bits per heavy atom. The van der Waals surface area contributed by atoms with E-state index < -0.39 is 0 Å². The summed E-state index contributed by atoms with van der Waals surface area (Å²) in [7, 11) is 0. The molecule has 7 heteroatoms. The van der Waals surface area contributed by atoms with Crippen molar-refractivity contribution in [2.24, 2.45) is 10.7 Å². The molecule has 1 aromatic rings. The van der Waals surface area contributed by atoms with Crippen molar-refractivity contribution in [3.63, 3.8) is 0 Å². The van der Waals surface area contributed by atoms with Crippen LogP contribution in [0, 0.1) is 6.92 Å². The lowest BCUT2D eigenvalue weighted by atomic mass is 9.80. The lowest BCUT2D eigenvalue weighted by molar-refractivity contribution is -0.120. The van der Waals surface area contributed by atoms with E-state index in [0.29, 0.717) is 13.1 Å². The van der Waals surface area contributed by atoms with Gasteiger partial charge in [0, 0.05) is 38.0 Å². The third-order valence-corrected chi connectivity index (χ3v) is 5.84. The first-order valence-corrected chi connectivity index (χ1v) is 9.81. The molecule has 0 saturated carbocycles. The number of piperazine rings is 1. The summed E-state index contributed by atoms with van der Waals surface area (Å²) in [5.74, 6) is 0.709. The van der Waals surface area contributed by atoms with E-state index in [9.17, 15) is 4.79 Å². The predicted octanol–water partition coefficient (Wildman–Crippen LogP) is 0.690. The van der Waals surface area contributed by atoms with E-state index in [4.69, 9.17) is 5.73 Å². The highest BCUT2D eigenvalue weighted by Crippen LogP contribution is 2.40. The zero-order valence-electron chi connectivity index (χ0n) is 16.5. The summed E-state index contributed by atoms with van der Waals surface area (Å²) in [4.78, 5) is 18.3. The van der Waals surface area contributed by atoms with Gasteiger partial charge in [-0.05, 0) is 37.5 Å². The van der Waals surface area contributed by atoms with E-state index in [2.05, 4.69) is 70.2 Å². The number of carbonyl (C=O) groups excluding carboxylic acids is 1. The number of hydrazine groups is 1. The van der Waals surface area contributed by atoms with E-state index in [1.165, 1.54) is 22.3 Å². The van der Waals surface area contributed by atoms with Crippen LogP contribution < -0.4 is 21.9 Å². The van der Waals surface area contributed by atoms with Gasteiger partial charge in [0.2, 0.25) is 5.91 Å². The smallest absolute Gasteiger partial charge is 0.236 e. The van der Waals surface area contributed by atoms with Crippen LogP contribution in [0.4, 0.5) is 0 Å². The molecule has 4 rings (SSSR count). The van der Waals surface area contributed by atoms with Crippen molar-refractivity contribution in [2.45, 2.75) is 31.8 Å². The number of allylic oxidation sites excluding steroid dienone is 1. The van der Waals surface area contributed by atoms with Crippen molar-refractivity contribution in [1.82, 2.24) is 21.1 Å². The maximum Gasteiger partial charge on any atom is 0.236 e. The van der Waals surface area contributed by atoms with Gasteiger partial charge in [-0.1, -0.05) is 29.8 Å². The van der Waals surface area contributed by atoms with Crippen LogP contribution in [0.15, 0.2) is 52.3 Å². The summed E-state index contributed by atoms with van der Waals surface area (Å²) < 4.78 is 0. The van der Waals surface area contributed by atoms with E-state index in [-0.39, 0.29) is 17.5 Å². The van der Waals surface area contributed by atoms with Crippen LogP contribution in [-0.2, 0) is 10.3 Å². The fourth-order valence-electron chi connectivity index (χ4n) is 4.20. The number of primary amides is 1. The van der Waals surface area contributed by atoms with Gasteiger partial charge in [-0.15, -0.1) is 0 Å². The largest absolute Gasteiger partial charge is 0.368 e. The molecule has 28 heavy (non-hydrogen) atoms. The number of dihydropyridines is 1. The molecule has 0 radical (unpaired) electrons. The summed E-state index contributed by atoms with van der Waals surface area (Å²) in [6, 6.07) is 8.28. The lowest BCUT2D eigenvalue weighted by Crippen LogP contribution is -2.57. The molecule has 148 valence electrons. The molecule has 2 unspecified atom stereocenters. The maximum atomic E-state index is 11.7. The second-order valence-electron chi connectivity index (χ2n) is 7.82. The molecule has 3 aliphatic heterocycles. The van der Waals surface area contributed by atoms with Crippen molar-refractivity contribution in [2.75, 3.05) is 26.2 Å². The van der Waals surface area contributed by atoms with Crippen molar-refractivity contribution in [3.8, 4) is 0 Å².